The summed E-state index contributed by atoms with van der Waals surface area (Å²) in [6.07, 6.45) is 5.90. The van der Waals surface area contributed by atoms with Crippen LogP contribution >= 0.6 is 0 Å². The lowest BCUT2D eigenvalue weighted by atomic mass is 10.2. The maximum atomic E-state index is 13.0. The van der Waals surface area contributed by atoms with E-state index in [1.54, 1.807) is 41.4 Å². The van der Waals surface area contributed by atoms with Crippen molar-refractivity contribution in [2.24, 2.45) is 0 Å². The van der Waals surface area contributed by atoms with Crippen LogP contribution in [0, 0.1) is 0 Å². The molecule has 1 saturated heterocycles. The molecule has 1 aliphatic rings. The predicted octanol–water partition coefficient (Wildman–Crippen LogP) is 1.15. The number of aromatic amines is 1. The van der Waals surface area contributed by atoms with Crippen LogP contribution in [0.25, 0.3) is 27.6 Å². The minimum atomic E-state index is -0.242. The minimum absolute atomic E-state index is 0.125. The second-order valence-corrected chi connectivity index (χ2v) is 7.41. The monoisotopic (exact) mass is 406 g/mol. The first-order chi connectivity index (χ1) is 14.7. The minimum Gasteiger partial charge on any atom is -0.379 e. The van der Waals surface area contributed by atoms with Crippen molar-refractivity contribution in [2.75, 3.05) is 32.8 Å². The molecule has 5 rings (SSSR count). The van der Waals surface area contributed by atoms with Crippen molar-refractivity contribution in [3.63, 3.8) is 0 Å². The topological polar surface area (TPSA) is 98.0 Å². The Kier molecular flexibility index (Phi) is 4.89. The number of hydrogen-bond donors (Lipinski definition) is 1. The highest BCUT2D eigenvalue weighted by Crippen LogP contribution is 2.15. The summed E-state index contributed by atoms with van der Waals surface area (Å²) in [5.41, 5.74) is 0.789. The number of aryl methyl sites for hydroxylation is 1. The van der Waals surface area contributed by atoms with Gasteiger partial charge in [-0.15, -0.1) is 0 Å². The number of rotatable bonds is 5. The van der Waals surface area contributed by atoms with Gasteiger partial charge in [0, 0.05) is 44.6 Å². The van der Waals surface area contributed by atoms with Gasteiger partial charge in [-0.2, -0.15) is 5.10 Å². The van der Waals surface area contributed by atoms with Crippen LogP contribution in [0.3, 0.4) is 0 Å². The number of morpholine rings is 1. The van der Waals surface area contributed by atoms with Crippen LogP contribution in [0.2, 0.25) is 0 Å². The molecule has 1 aliphatic heterocycles. The van der Waals surface area contributed by atoms with Crippen LogP contribution in [0.15, 0.2) is 52.4 Å². The van der Waals surface area contributed by atoms with E-state index in [1.807, 2.05) is 6.07 Å². The first-order valence-corrected chi connectivity index (χ1v) is 10.1. The molecular formula is C21H22N6O3. The van der Waals surface area contributed by atoms with Gasteiger partial charge in [0.25, 0.3) is 11.1 Å². The molecule has 1 fully saturated rings. The van der Waals surface area contributed by atoms with Gasteiger partial charge in [-0.1, -0.05) is 0 Å². The second kappa shape index (κ2) is 7.85. The fourth-order valence-electron chi connectivity index (χ4n) is 3.90. The summed E-state index contributed by atoms with van der Waals surface area (Å²) in [6, 6.07) is 6.98. The molecular weight excluding hydrogens is 384 g/mol. The number of nitrogens with one attached hydrogen (secondary N) is 1. The molecule has 154 valence electrons. The molecule has 0 atom stereocenters. The number of pyridine rings is 3. The predicted molar refractivity (Wildman–Crippen MR) is 113 cm³/mol. The van der Waals surface area contributed by atoms with E-state index >= 15 is 0 Å². The van der Waals surface area contributed by atoms with E-state index in [9.17, 15) is 9.59 Å². The molecule has 0 aliphatic carbocycles. The lowest BCUT2D eigenvalue weighted by molar-refractivity contribution is 0.0369. The number of nitrogens with zero attached hydrogens (tertiary/aromatic N) is 5. The third-order valence-electron chi connectivity index (χ3n) is 5.54. The van der Waals surface area contributed by atoms with Crippen LogP contribution < -0.4 is 11.1 Å². The fourth-order valence-corrected chi connectivity index (χ4v) is 3.90. The van der Waals surface area contributed by atoms with Gasteiger partial charge in [-0.3, -0.25) is 24.2 Å². The Labute approximate surface area is 171 Å². The molecule has 5 heterocycles. The van der Waals surface area contributed by atoms with Crippen molar-refractivity contribution in [3.8, 4) is 5.82 Å². The number of aromatic nitrogens is 5. The van der Waals surface area contributed by atoms with Gasteiger partial charge in [-0.25, -0.2) is 4.98 Å². The molecule has 0 saturated carbocycles. The van der Waals surface area contributed by atoms with E-state index in [4.69, 9.17) is 4.74 Å². The highest BCUT2D eigenvalue weighted by Gasteiger charge is 2.12. The zero-order valence-electron chi connectivity index (χ0n) is 16.5. The van der Waals surface area contributed by atoms with Gasteiger partial charge in [-0.05, 0) is 24.6 Å². The molecule has 0 spiro atoms. The summed E-state index contributed by atoms with van der Waals surface area (Å²) in [5, 5.41) is 7.54. The van der Waals surface area contributed by atoms with Gasteiger partial charge < -0.3 is 9.30 Å². The van der Waals surface area contributed by atoms with E-state index in [-0.39, 0.29) is 11.1 Å². The summed E-state index contributed by atoms with van der Waals surface area (Å²) in [5.74, 6) is 0.565. The second-order valence-electron chi connectivity index (χ2n) is 7.41. The molecule has 0 bridgehead atoms. The molecule has 9 nitrogen and oxygen atoms in total. The maximum Gasteiger partial charge on any atom is 0.265 e. The highest BCUT2D eigenvalue weighted by molar-refractivity contribution is 5.91. The van der Waals surface area contributed by atoms with E-state index in [1.165, 1.54) is 4.57 Å². The molecule has 0 radical (unpaired) electrons. The maximum absolute atomic E-state index is 13.0. The van der Waals surface area contributed by atoms with Crippen molar-refractivity contribution >= 4 is 21.8 Å². The van der Waals surface area contributed by atoms with Gasteiger partial charge in [0.05, 0.1) is 41.2 Å². The van der Waals surface area contributed by atoms with Gasteiger partial charge in [0.1, 0.15) is 5.82 Å². The zero-order chi connectivity index (χ0) is 20.5. The van der Waals surface area contributed by atoms with Crippen molar-refractivity contribution in [1.82, 2.24) is 29.2 Å². The molecule has 9 heteroatoms. The number of fused-ring (bicyclic) bond motifs is 2. The highest BCUT2D eigenvalue weighted by atomic mass is 16.5. The average molecular weight is 406 g/mol. The van der Waals surface area contributed by atoms with Crippen LogP contribution in [0.5, 0.6) is 0 Å². The molecule has 0 unspecified atom stereocenters. The van der Waals surface area contributed by atoms with Gasteiger partial charge in [0.2, 0.25) is 0 Å². The zero-order valence-corrected chi connectivity index (χ0v) is 16.5. The lowest BCUT2D eigenvalue weighted by Gasteiger charge is -2.26. The SMILES string of the molecule is O=c1c2cc3c(=O)n(-c4ccn[nH]4)ccc3nc2ccn1CCCN1CCOCC1. The number of ether oxygens (including phenoxy) is 1. The third kappa shape index (κ3) is 3.42. The van der Waals surface area contributed by atoms with E-state index < -0.39 is 0 Å². The summed E-state index contributed by atoms with van der Waals surface area (Å²) >= 11 is 0. The van der Waals surface area contributed by atoms with Crippen molar-refractivity contribution in [1.29, 1.82) is 0 Å². The third-order valence-corrected chi connectivity index (χ3v) is 5.54. The average Bonchev–Trinajstić information content (AvgIpc) is 3.30. The summed E-state index contributed by atoms with van der Waals surface area (Å²) < 4.78 is 8.54. The Morgan fingerprint density at radius 3 is 2.50 bits per heavy atom. The normalized spacial score (nSPS) is 15.2. The first kappa shape index (κ1) is 18.7. The molecule has 0 aromatic carbocycles. The van der Waals surface area contributed by atoms with E-state index in [2.05, 4.69) is 20.1 Å². The van der Waals surface area contributed by atoms with E-state index in [0.717, 1.165) is 39.3 Å². The Hall–Kier alpha value is -3.30. The standard InChI is InChI=1S/C21H22N6O3/c28-20-15-14-16-18(4-9-27(21(16)29)19-2-5-22-24-19)23-17(15)3-8-26(20)7-1-6-25-10-12-30-13-11-25/h2-5,8-9,14H,1,6-7,10-13H2,(H,22,24). The Morgan fingerprint density at radius 2 is 1.73 bits per heavy atom. The van der Waals surface area contributed by atoms with Gasteiger partial charge in [0.15, 0.2) is 0 Å². The molecule has 0 amide bonds. The molecule has 4 aromatic rings. The van der Waals surface area contributed by atoms with Gasteiger partial charge >= 0.3 is 0 Å². The lowest BCUT2D eigenvalue weighted by Crippen LogP contribution is -2.37. The van der Waals surface area contributed by atoms with Crippen molar-refractivity contribution in [2.45, 2.75) is 13.0 Å². The quantitative estimate of drug-likeness (QED) is 0.499. The van der Waals surface area contributed by atoms with Crippen LogP contribution in [-0.2, 0) is 11.3 Å². The van der Waals surface area contributed by atoms with Crippen LogP contribution in [-0.4, -0.2) is 62.1 Å². The van der Waals surface area contributed by atoms with Crippen molar-refractivity contribution in [3.05, 3.63) is 63.6 Å². The fraction of sp³-hybridized carbons (Fsp3) is 0.333. The van der Waals surface area contributed by atoms with Crippen LogP contribution in [0.4, 0.5) is 0 Å². The Balaban J connectivity index is 1.48. The number of hydrogen-bond acceptors (Lipinski definition) is 6. The summed E-state index contributed by atoms with van der Waals surface area (Å²) in [7, 11) is 0. The largest absolute Gasteiger partial charge is 0.379 e. The smallest absolute Gasteiger partial charge is 0.265 e. The van der Waals surface area contributed by atoms with E-state index in [0.29, 0.717) is 34.2 Å². The Morgan fingerprint density at radius 1 is 0.967 bits per heavy atom. The summed E-state index contributed by atoms with van der Waals surface area (Å²) in [4.78, 5) is 32.9. The molecule has 30 heavy (non-hydrogen) atoms. The first-order valence-electron chi connectivity index (χ1n) is 10.1. The molecule has 1 N–H and O–H groups in total. The van der Waals surface area contributed by atoms with Crippen LogP contribution in [0.1, 0.15) is 6.42 Å². The Bertz CT molecular complexity index is 1300. The van der Waals surface area contributed by atoms with Crippen molar-refractivity contribution < 1.29 is 4.74 Å². The number of H-pyrrole nitrogens is 1. The molecule has 4 aromatic heterocycles. The summed E-state index contributed by atoms with van der Waals surface area (Å²) in [6.45, 7) is 4.96.